The molecule has 0 fully saturated rings. The van der Waals surface area contributed by atoms with Crippen LogP contribution in [0.1, 0.15) is 40.9 Å². The van der Waals surface area contributed by atoms with Gasteiger partial charge in [0.25, 0.3) is 11.5 Å². The van der Waals surface area contributed by atoms with Crippen LogP contribution in [0.5, 0.6) is 5.88 Å². The molecule has 9 nitrogen and oxygen atoms in total. The molecule has 0 atom stereocenters. The number of rotatable bonds is 7. The van der Waals surface area contributed by atoms with Crippen LogP contribution in [0, 0.1) is 5.41 Å². The summed E-state index contributed by atoms with van der Waals surface area (Å²) in [5.41, 5.74) is -0.709. The van der Waals surface area contributed by atoms with Gasteiger partial charge in [0.2, 0.25) is 11.7 Å². The van der Waals surface area contributed by atoms with E-state index < -0.39 is 29.2 Å². The monoisotopic (exact) mass is 543 g/mol. The molecule has 0 aliphatic carbocycles. The van der Waals surface area contributed by atoms with Crippen LogP contribution in [-0.4, -0.2) is 41.1 Å². The minimum absolute atomic E-state index is 0.0709. The van der Waals surface area contributed by atoms with Gasteiger partial charge in [-0.05, 0) is 24.3 Å². The summed E-state index contributed by atoms with van der Waals surface area (Å²) < 4.78 is 2.93. The number of aromatic nitrogens is 5. The van der Waals surface area contributed by atoms with E-state index >= 15 is 0 Å². The zero-order valence-corrected chi connectivity index (χ0v) is 22.0. The minimum Gasteiger partial charge on any atom is -0.494 e. The third-order valence-corrected chi connectivity index (χ3v) is 7.54. The number of Topliss-reactive ketones (excluding diaryl/α,β-unsaturated/α-hetero) is 1. The fraction of sp³-hybridized carbons (Fsp3) is 0.250. The largest absolute Gasteiger partial charge is 0.494 e. The Hall–Kier alpha value is -3.28. The van der Waals surface area contributed by atoms with E-state index in [1.54, 1.807) is 26.8 Å². The molecule has 0 aliphatic rings. The Labute approximate surface area is 219 Å². The molecule has 36 heavy (non-hydrogen) atoms. The first-order valence-corrected chi connectivity index (χ1v) is 13.0. The van der Waals surface area contributed by atoms with Crippen LogP contribution < -0.4 is 5.56 Å². The highest BCUT2D eigenvalue weighted by Gasteiger charge is 2.28. The maximum Gasteiger partial charge on any atom is 0.253 e. The summed E-state index contributed by atoms with van der Waals surface area (Å²) >= 11 is 8.90. The second kappa shape index (κ2) is 10.4. The smallest absolute Gasteiger partial charge is 0.253 e. The number of carbonyl (C=O) groups excluding carboxylic acids is 2. The van der Waals surface area contributed by atoms with E-state index in [9.17, 15) is 19.5 Å². The molecule has 4 rings (SSSR count). The Morgan fingerprint density at radius 3 is 2.58 bits per heavy atom. The first kappa shape index (κ1) is 25.8. The lowest BCUT2D eigenvalue weighted by atomic mass is 9.96. The Kier molecular flexibility index (Phi) is 7.43. The van der Waals surface area contributed by atoms with Gasteiger partial charge >= 0.3 is 0 Å². The highest BCUT2D eigenvalue weighted by Crippen LogP contribution is 2.34. The number of nitrogens with zero attached hydrogens (tertiary/aromatic N) is 5. The summed E-state index contributed by atoms with van der Waals surface area (Å²) in [4.78, 5) is 47.1. The molecule has 4 aromatic heterocycles. The Bertz CT molecular complexity index is 1490. The van der Waals surface area contributed by atoms with Crippen molar-refractivity contribution in [1.29, 1.82) is 0 Å². The highest BCUT2D eigenvalue weighted by atomic mass is 35.5. The maximum absolute atomic E-state index is 13.1. The number of hydrogen-bond acceptors (Lipinski definition) is 9. The molecule has 0 spiro atoms. The number of thiophene rings is 1. The van der Waals surface area contributed by atoms with Gasteiger partial charge < -0.3 is 5.11 Å². The molecule has 0 unspecified atom stereocenters. The molecule has 186 valence electrons. The maximum atomic E-state index is 13.1. The average Bonchev–Trinajstić information content (AvgIpc) is 3.45. The number of ketones is 1. The number of hydrogen-bond donors (Lipinski definition) is 1. The van der Waals surface area contributed by atoms with Gasteiger partial charge in [-0.3, -0.25) is 23.9 Å². The van der Waals surface area contributed by atoms with Crippen LogP contribution >= 0.6 is 34.7 Å². The first-order valence-electron chi connectivity index (χ1n) is 10.8. The molecule has 0 radical (unpaired) electrons. The summed E-state index contributed by atoms with van der Waals surface area (Å²) in [5, 5.41) is 16.0. The normalized spacial score (nSPS) is 11.6. The molecular formula is C24H22ClN5O4S2. The summed E-state index contributed by atoms with van der Waals surface area (Å²) in [6.07, 6.45) is 4.09. The molecule has 0 saturated carbocycles. The molecule has 4 aromatic rings. The summed E-state index contributed by atoms with van der Waals surface area (Å²) in [6, 6.07) is 8.07. The first-order chi connectivity index (χ1) is 17.0. The van der Waals surface area contributed by atoms with Crippen molar-refractivity contribution in [3.8, 4) is 17.1 Å². The second-order valence-electron chi connectivity index (χ2n) is 8.84. The molecule has 0 aromatic carbocycles. The van der Waals surface area contributed by atoms with Crippen LogP contribution in [0.4, 0.5) is 0 Å². The second-order valence-corrected chi connectivity index (χ2v) is 11.6. The Morgan fingerprint density at radius 1 is 1.17 bits per heavy atom. The highest BCUT2D eigenvalue weighted by molar-refractivity contribution is 7.98. The van der Waals surface area contributed by atoms with Crippen molar-refractivity contribution < 1.29 is 14.7 Å². The molecule has 0 saturated heterocycles. The van der Waals surface area contributed by atoms with Crippen molar-refractivity contribution in [2.45, 2.75) is 38.1 Å². The molecule has 0 aliphatic heterocycles. The van der Waals surface area contributed by atoms with Gasteiger partial charge in [0.05, 0.1) is 28.3 Å². The summed E-state index contributed by atoms with van der Waals surface area (Å²) in [5.74, 6) is -0.588. The average molecular weight is 544 g/mol. The molecule has 4 heterocycles. The zero-order valence-electron chi connectivity index (χ0n) is 19.6. The molecule has 0 amide bonds. The van der Waals surface area contributed by atoms with E-state index in [0.717, 1.165) is 9.44 Å². The quantitative estimate of drug-likeness (QED) is 0.261. The van der Waals surface area contributed by atoms with Gasteiger partial charge in [0, 0.05) is 34.5 Å². The number of thioether (sulfide) groups is 1. The molecule has 1 N–H and O–H groups in total. The zero-order chi connectivity index (χ0) is 26.0. The van der Waals surface area contributed by atoms with Crippen LogP contribution in [0.15, 0.2) is 58.7 Å². The van der Waals surface area contributed by atoms with Crippen molar-refractivity contribution in [2.75, 3.05) is 0 Å². The van der Waals surface area contributed by atoms with E-state index in [1.807, 2.05) is 12.1 Å². The van der Waals surface area contributed by atoms with Crippen LogP contribution in [0.3, 0.4) is 0 Å². The Balaban J connectivity index is 1.71. The Morgan fingerprint density at radius 2 is 1.94 bits per heavy atom. The van der Waals surface area contributed by atoms with Gasteiger partial charge in [0.15, 0.2) is 0 Å². The lowest BCUT2D eigenvalue weighted by Gasteiger charge is -2.17. The SMILES string of the molecule is CC(C)(C)C(=O)n1nc(-c2ccc(=O)n(CC(=O)c3cnccn3)c2O)cc1SCc1ccc(Cl)s1. The lowest BCUT2D eigenvalue weighted by molar-refractivity contribution is 0.0736. The number of pyridine rings is 1. The van der Waals surface area contributed by atoms with E-state index in [4.69, 9.17) is 11.6 Å². The lowest BCUT2D eigenvalue weighted by Crippen LogP contribution is -2.28. The summed E-state index contributed by atoms with van der Waals surface area (Å²) in [7, 11) is 0. The van der Waals surface area contributed by atoms with Crippen molar-refractivity contribution in [2.24, 2.45) is 5.41 Å². The number of aromatic hydroxyl groups is 1. The number of carbonyl (C=O) groups is 2. The summed E-state index contributed by atoms with van der Waals surface area (Å²) in [6.45, 7) is 4.94. The van der Waals surface area contributed by atoms with E-state index in [2.05, 4.69) is 15.1 Å². The van der Waals surface area contributed by atoms with Gasteiger partial charge in [-0.25, -0.2) is 4.98 Å². The topological polar surface area (TPSA) is 120 Å². The fourth-order valence-electron chi connectivity index (χ4n) is 3.23. The van der Waals surface area contributed by atoms with Crippen LogP contribution in [0.2, 0.25) is 4.34 Å². The third-order valence-electron chi connectivity index (χ3n) is 5.08. The minimum atomic E-state index is -0.713. The standard InChI is InChI=1S/C24H22ClN5O4S2/c1-24(2,3)23(34)30-21(35-13-14-4-6-19(25)36-14)10-16(28-30)15-5-7-20(32)29(22(15)33)12-18(31)17-11-26-8-9-27-17/h4-11,33H,12-13H2,1-3H3. The molecule has 0 bridgehead atoms. The van der Waals surface area contributed by atoms with E-state index in [-0.39, 0.29) is 22.9 Å². The van der Waals surface area contributed by atoms with Crippen molar-refractivity contribution in [3.63, 3.8) is 0 Å². The predicted molar refractivity (Wildman–Crippen MR) is 139 cm³/mol. The van der Waals surface area contributed by atoms with Crippen molar-refractivity contribution in [1.82, 2.24) is 24.3 Å². The predicted octanol–water partition coefficient (Wildman–Crippen LogP) is 4.78. The van der Waals surface area contributed by atoms with Gasteiger partial charge in [-0.1, -0.05) is 32.4 Å². The molecule has 12 heteroatoms. The van der Waals surface area contributed by atoms with Gasteiger partial charge in [-0.2, -0.15) is 9.78 Å². The van der Waals surface area contributed by atoms with E-state index in [1.165, 1.54) is 58.5 Å². The van der Waals surface area contributed by atoms with Crippen molar-refractivity contribution in [3.05, 3.63) is 74.2 Å². The van der Waals surface area contributed by atoms with Crippen LogP contribution in [0.25, 0.3) is 11.3 Å². The number of halogens is 1. The van der Waals surface area contributed by atoms with Crippen LogP contribution in [-0.2, 0) is 12.3 Å². The van der Waals surface area contributed by atoms with E-state index in [0.29, 0.717) is 15.1 Å². The van der Waals surface area contributed by atoms with Crippen molar-refractivity contribution >= 4 is 46.4 Å². The van der Waals surface area contributed by atoms with Gasteiger partial charge in [0.1, 0.15) is 10.7 Å². The molecular weight excluding hydrogens is 522 g/mol. The van der Waals surface area contributed by atoms with Gasteiger partial charge in [-0.15, -0.1) is 23.1 Å². The third kappa shape index (κ3) is 5.58. The fourth-order valence-corrected chi connectivity index (χ4v) is 5.35.